The van der Waals surface area contributed by atoms with Crippen LogP contribution in [0.2, 0.25) is 0 Å². The Balaban J connectivity index is 1.49. The first-order valence-electron chi connectivity index (χ1n) is 18.9. The Bertz CT molecular complexity index is 2190. The zero-order valence-electron chi connectivity index (χ0n) is 32.4. The molecule has 0 saturated heterocycles. The van der Waals surface area contributed by atoms with E-state index in [-0.39, 0.29) is 50.8 Å². The number of methoxy groups -OCH3 is 1. The largest absolute Gasteiger partial charge is 0.507 e. The van der Waals surface area contributed by atoms with E-state index in [4.69, 9.17) is 23.7 Å². The fourth-order valence-corrected chi connectivity index (χ4v) is 6.27. The number of esters is 4. The molecule has 0 aromatic heterocycles. The van der Waals surface area contributed by atoms with Crippen molar-refractivity contribution in [3.8, 4) is 28.7 Å². The quantitative estimate of drug-likeness (QED) is 0.0687. The van der Waals surface area contributed by atoms with Crippen molar-refractivity contribution in [2.75, 3.05) is 7.11 Å². The lowest BCUT2D eigenvalue weighted by Gasteiger charge is -2.27. The standard InChI is InChI=1S/C46H46O11/c1-5-8-27-37(47)42(54-31-20-10-9-11-21-31)34-24-16-26-36(43(49)53-4)41(34)57-44(50)32-22-12-13-28-38(32)55-46(52)35-25-14-18-29(7-3)40(35)56-45(51)33-23-15-19-30(17-6-2)39(33)48/h9-16,18-26,28,37,42,47-48H,5-8,17,27H2,1-4H3. The molecule has 2 N–H and O–H groups in total. The molecule has 11 heteroatoms. The van der Waals surface area contributed by atoms with Crippen LogP contribution in [0.5, 0.6) is 28.7 Å². The van der Waals surface area contributed by atoms with Crippen LogP contribution in [-0.2, 0) is 17.6 Å². The molecule has 0 fully saturated rings. The van der Waals surface area contributed by atoms with E-state index in [0.29, 0.717) is 42.6 Å². The molecule has 5 rings (SSSR count). The first kappa shape index (κ1) is 41.7. The van der Waals surface area contributed by atoms with E-state index < -0.39 is 36.1 Å². The van der Waals surface area contributed by atoms with E-state index in [2.05, 4.69) is 0 Å². The van der Waals surface area contributed by atoms with Gasteiger partial charge in [-0.25, -0.2) is 19.2 Å². The summed E-state index contributed by atoms with van der Waals surface area (Å²) in [7, 11) is 1.19. The third-order valence-corrected chi connectivity index (χ3v) is 9.22. The predicted octanol–water partition coefficient (Wildman–Crippen LogP) is 9.02. The Morgan fingerprint density at radius 3 is 1.86 bits per heavy atom. The molecule has 5 aromatic carbocycles. The minimum atomic E-state index is -1.07. The second-order valence-corrected chi connectivity index (χ2v) is 13.2. The second-order valence-electron chi connectivity index (χ2n) is 13.2. The number of carbonyl (C=O) groups excluding carboxylic acids is 4. The molecular weight excluding hydrogens is 728 g/mol. The summed E-state index contributed by atoms with van der Waals surface area (Å²) in [5.41, 5.74) is 0.891. The Morgan fingerprint density at radius 1 is 0.596 bits per heavy atom. The summed E-state index contributed by atoms with van der Waals surface area (Å²) in [5.74, 6) is -3.80. The van der Waals surface area contributed by atoms with Crippen molar-refractivity contribution in [3.05, 3.63) is 148 Å². The molecule has 0 amide bonds. The van der Waals surface area contributed by atoms with Gasteiger partial charge in [-0.05, 0) is 72.9 Å². The van der Waals surface area contributed by atoms with Crippen molar-refractivity contribution in [1.29, 1.82) is 0 Å². The third kappa shape index (κ3) is 10.1. The van der Waals surface area contributed by atoms with Gasteiger partial charge in [-0.3, -0.25) is 0 Å². The molecule has 11 nitrogen and oxygen atoms in total. The fourth-order valence-electron chi connectivity index (χ4n) is 6.27. The van der Waals surface area contributed by atoms with Crippen LogP contribution in [0.25, 0.3) is 0 Å². The topological polar surface area (TPSA) is 155 Å². The summed E-state index contributed by atoms with van der Waals surface area (Å²) in [4.78, 5) is 54.5. The summed E-state index contributed by atoms with van der Waals surface area (Å²) in [6.45, 7) is 5.77. The van der Waals surface area contributed by atoms with Crippen LogP contribution in [0.1, 0.15) is 111 Å². The van der Waals surface area contributed by atoms with Crippen molar-refractivity contribution in [1.82, 2.24) is 0 Å². The van der Waals surface area contributed by atoms with Gasteiger partial charge in [0.25, 0.3) is 0 Å². The molecule has 0 saturated carbocycles. The first-order chi connectivity index (χ1) is 27.6. The highest BCUT2D eigenvalue weighted by molar-refractivity contribution is 6.01. The molecule has 57 heavy (non-hydrogen) atoms. The minimum Gasteiger partial charge on any atom is -0.507 e. The number of aromatic hydroxyl groups is 1. The summed E-state index contributed by atoms with van der Waals surface area (Å²) in [5, 5.41) is 22.2. The number of phenolic OH excluding ortho intramolecular Hbond substituents is 1. The Kier molecular flexibility index (Phi) is 14.6. The maximum atomic E-state index is 14.1. The number of ether oxygens (including phenoxy) is 5. The van der Waals surface area contributed by atoms with Gasteiger partial charge < -0.3 is 33.9 Å². The molecular formula is C46H46O11. The molecule has 0 bridgehead atoms. The highest BCUT2D eigenvalue weighted by Gasteiger charge is 2.32. The van der Waals surface area contributed by atoms with Crippen molar-refractivity contribution >= 4 is 23.9 Å². The number of para-hydroxylation sites is 5. The molecule has 0 aliphatic carbocycles. The molecule has 0 aliphatic rings. The predicted molar refractivity (Wildman–Crippen MR) is 212 cm³/mol. The molecule has 0 aliphatic heterocycles. The lowest BCUT2D eigenvalue weighted by molar-refractivity contribution is 0.0263. The molecule has 0 heterocycles. The zero-order valence-corrected chi connectivity index (χ0v) is 32.4. The Labute approximate surface area is 331 Å². The molecule has 0 spiro atoms. The number of aliphatic hydroxyl groups excluding tert-OH is 1. The third-order valence-electron chi connectivity index (χ3n) is 9.22. The van der Waals surface area contributed by atoms with E-state index in [9.17, 15) is 29.4 Å². The van der Waals surface area contributed by atoms with Gasteiger partial charge in [-0.1, -0.05) is 107 Å². The van der Waals surface area contributed by atoms with Crippen LogP contribution >= 0.6 is 0 Å². The van der Waals surface area contributed by atoms with Gasteiger partial charge in [0.15, 0.2) is 11.9 Å². The van der Waals surface area contributed by atoms with E-state index in [1.54, 1.807) is 72.8 Å². The van der Waals surface area contributed by atoms with E-state index in [1.807, 2.05) is 26.8 Å². The Hall–Kier alpha value is -6.46. The molecule has 0 radical (unpaired) electrons. The summed E-state index contributed by atoms with van der Waals surface area (Å²) in [6.07, 6.45) is 1.40. The number of rotatable bonds is 17. The van der Waals surface area contributed by atoms with Crippen molar-refractivity contribution in [2.45, 2.75) is 71.5 Å². The van der Waals surface area contributed by atoms with Crippen LogP contribution in [0, 0.1) is 0 Å². The summed E-state index contributed by atoms with van der Waals surface area (Å²) < 4.78 is 28.9. The number of benzene rings is 5. The maximum Gasteiger partial charge on any atom is 0.347 e. The van der Waals surface area contributed by atoms with E-state index in [0.717, 1.165) is 12.8 Å². The van der Waals surface area contributed by atoms with Gasteiger partial charge in [0.2, 0.25) is 0 Å². The van der Waals surface area contributed by atoms with Gasteiger partial charge in [-0.2, -0.15) is 0 Å². The maximum absolute atomic E-state index is 14.1. The second kappa shape index (κ2) is 19.9. The monoisotopic (exact) mass is 774 g/mol. The fraction of sp³-hybridized carbons (Fsp3) is 0.261. The first-order valence-corrected chi connectivity index (χ1v) is 18.9. The highest BCUT2D eigenvalue weighted by atomic mass is 16.6. The lowest BCUT2D eigenvalue weighted by Crippen LogP contribution is -2.26. The number of hydrogen-bond acceptors (Lipinski definition) is 11. The van der Waals surface area contributed by atoms with Gasteiger partial charge in [-0.15, -0.1) is 0 Å². The molecule has 2 unspecified atom stereocenters. The average Bonchev–Trinajstić information content (AvgIpc) is 3.23. The van der Waals surface area contributed by atoms with Crippen LogP contribution < -0.4 is 18.9 Å². The number of aliphatic hydroxyl groups is 1. The normalized spacial score (nSPS) is 11.9. The SMILES string of the molecule is CCCCC(O)C(Oc1ccccc1)c1cccc(C(=O)OC)c1OC(=O)c1ccccc1OC(=O)c1cccc(CC)c1OC(=O)c1cccc(CCC)c1O. The minimum absolute atomic E-state index is 0.0554. The van der Waals surface area contributed by atoms with Crippen LogP contribution in [-0.4, -0.2) is 47.3 Å². The molecule has 5 aromatic rings. The van der Waals surface area contributed by atoms with Crippen LogP contribution in [0.3, 0.4) is 0 Å². The number of carbonyl (C=O) groups is 4. The van der Waals surface area contributed by atoms with Gasteiger partial charge in [0.1, 0.15) is 45.3 Å². The number of unbranched alkanes of at least 4 members (excludes halogenated alkanes) is 1. The van der Waals surface area contributed by atoms with Gasteiger partial charge >= 0.3 is 23.9 Å². The lowest BCUT2D eigenvalue weighted by atomic mass is 9.96. The molecule has 296 valence electrons. The summed E-state index contributed by atoms with van der Waals surface area (Å²) in [6, 6.07) is 28.8. The smallest absolute Gasteiger partial charge is 0.347 e. The number of phenols is 1. The summed E-state index contributed by atoms with van der Waals surface area (Å²) >= 11 is 0. The zero-order chi connectivity index (χ0) is 40.9. The van der Waals surface area contributed by atoms with Gasteiger partial charge in [0, 0.05) is 5.56 Å². The van der Waals surface area contributed by atoms with E-state index in [1.165, 1.54) is 37.4 Å². The van der Waals surface area contributed by atoms with Crippen molar-refractivity contribution in [3.63, 3.8) is 0 Å². The van der Waals surface area contributed by atoms with Crippen LogP contribution in [0.4, 0.5) is 0 Å². The van der Waals surface area contributed by atoms with Crippen molar-refractivity contribution < 1.29 is 53.1 Å². The highest BCUT2D eigenvalue weighted by Crippen LogP contribution is 2.37. The van der Waals surface area contributed by atoms with Gasteiger partial charge in [0.05, 0.1) is 13.2 Å². The van der Waals surface area contributed by atoms with Crippen LogP contribution in [0.15, 0.2) is 109 Å². The molecule has 2 atom stereocenters. The Morgan fingerprint density at radius 2 is 1.18 bits per heavy atom. The number of aryl methyl sites for hydroxylation is 2. The number of hydrogen-bond donors (Lipinski definition) is 2. The average molecular weight is 775 g/mol. The van der Waals surface area contributed by atoms with Crippen molar-refractivity contribution in [2.24, 2.45) is 0 Å². The van der Waals surface area contributed by atoms with E-state index >= 15 is 0 Å².